The molecule has 1 heterocycles. The van der Waals surface area contributed by atoms with Gasteiger partial charge in [-0.05, 0) is 5.56 Å². The third-order valence-corrected chi connectivity index (χ3v) is 4.10. The van der Waals surface area contributed by atoms with Crippen molar-refractivity contribution in [1.29, 1.82) is 0 Å². The van der Waals surface area contributed by atoms with Gasteiger partial charge in [-0.2, -0.15) is 0 Å². The van der Waals surface area contributed by atoms with E-state index in [1.54, 1.807) is 54.6 Å². The Kier molecular flexibility index (Phi) is 1.90. The fraction of sp³-hybridized carbons (Fsp3) is 0.125. The first-order valence-electron chi connectivity index (χ1n) is 6.26. The van der Waals surface area contributed by atoms with Crippen molar-refractivity contribution in [3.63, 3.8) is 0 Å². The summed E-state index contributed by atoms with van der Waals surface area (Å²) in [5.41, 5.74) is -1.82. The first-order valence-corrected chi connectivity index (χ1v) is 6.26. The first-order chi connectivity index (χ1) is 9.64. The molecule has 2 atom stereocenters. The van der Waals surface area contributed by atoms with E-state index in [9.17, 15) is 14.7 Å². The van der Waals surface area contributed by atoms with Gasteiger partial charge >= 0.3 is 0 Å². The molecule has 0 unspecified atom stereocenters. The monoisotopic (exact) mass is 265 g/mol. The highest BCUT2D eigenvalue weighted by atomic mass is 16.7. The van der Waals surface area contributed by atoms with Crippen LogP contribution in [0.1, 0.15) is 21.5 Å². The third-order valence-electron chi connectivity index (χ3n) is 4.10. The fourth-order valence-electron chi connectivity index (χ4n) is 3.19. The zero-order chi connectivity index (χ0) is 14.0. The Labute approximate surface area is 114 Å². The molecular formula is C16H9O4-. The Morgan fingerprint density at radius 1 is 1.00 bits per heavy atom. The normalized spacial score (nSPS) is 29.7. The summed E-state index contributed by atoms with van der Waals surface area (Å²) in [6, 6.07) is 15.4. The summed E-state index contributed by atoms with van der Waals surface area (Å²) in [5.74, 6) is -1.69. The van der Waals surface area contributed by atoms with Crippen molar-refractivity contribution in [3.05, 3.63) is 71.3 Å². The number of hydrogen-bond acceptors (Lipinski definition) is 4. The zero-order valence-electron chi connectivity index (χ0n) is 10.3. The predicted octanol–water partition coefficient (Wildman–Crippen LogP) is 0.754. The van der Waals surface area contributed by atoms with E-state index in [1.165, 1.54) is 0 Å². The molecule has 4 nitrogen and oxygen atoms in total. The number of aliphatic carboxylic acids is 1. The van der Waals surface area contributed by atoms with Crippen LogP contribution in [0.2, 0.25) is 0 Å². The molecule has 1 aliphatic carbocycles. The molecule has 20 heavy (non-hydrogen) atoms. The summed E-state index contributed by atoms with van der Waals surface area (Å²) in [6.45, 7) is 0. The number of epoxide rings is 1. The summed E-state index contributed by atoms with van der Waals surface area (Å²) >= 11 is 0. The van der Waals surface area contributed by atoms with Crippen molar-refractivity contribution < 1.29 is 19.4 Å². The number of carbonyl (C=O) groups excluding carboxylic acids is 2. The molecule has 2 aromatic rings. The summed E-state index contributed by atoms with van der Waals surface area (Å²) < 4.78 is 5.50. The van der Waals surface area contributed by atoms with Crippen molar-refractivity contribution in [1.82, 2.24) is 0 Å². The lowest BCUT2D eigenvalue weighted by molar-refractivity contribution is -0.313. The highest BCUT2D eigenvalue weighted by Gasteiger charge is 2.81. The fourth-order valence-corrected chi connectivity index (χ4v) is 3.19. The van der Waals surface area contributed by atoms with Crippen LogP contribution in [0, 0.1) is 0 Å². The average molecular weight is 265 g/mol. The molecule has 2 aromatic carbocycles. The van der Waals surface area contributed by atoms with Crippen LogP contribution in [-0.4, -0.2) is 11.8 Å². The Bertz CT molecular complexity index is 752. The Morgan fingerprint density at radius 3 is 2.35 bits per heavy atom. The molecule has 0 spiro atoms. The lowest BCUT2D eigenvalue weighted by atomic mass is 9.86. The maximum Gasteiger partial charge on any atom is 0.203 e. The van der Waals surface area contributed by atoms with Gasteiger partial charge < -0.3 is 14.6 Å². The SMILES string of the molecule is O=C1c2ccccc2[C@@]2(C(=O)[O-])O[C@@]12c1ccccc1. The summed E-state index contributed by atoms with van der Waals surface area (Å²) in [7, 11) is 0. The van der Waals surface area contributed by atoms with Gasteiger partial charge in [-0.3, -0.25) is 4.79 Å². The van der Waals surface area contributed by atoms with Crippen molar-refractivity contribution in [2.75, 3.05) is 0 Å². The Balaban J connectivity index is 2.02. The van der Waals surface area contributed by atoms with E-state index in [4.69, 9.17) is 4.74 Å². The minimum atomic E-state index is -1.68. The molecule has 0 saturated carbocycles. The maximum atomic E-state index is 12.7. The van der Waals surface area contributed by atoms with E-state index in [0.717, 1.165) is 0 Å². The van der Waals surface area contributed by atoms with Crippen LogP contribution in [0.4, 0.5) is 0 Å². The van der Waals surface area contributed by atoms with Crippen LogP contribution in [0.5, 0.6) is 0 Å². The zero-order valence-corrected chi connectivity index (χ0v) is 10.3. The van der Waals surface area contributed by atoms with E-state index < -0.39 is 17.2 Å². The number of carbonyl (C=O) groups is 2. The van der Waals surface area contributed by atoms with E-state index >= 15 is 0 Å². The van der Waals surface area contributed by atoms with Crippen LogP contribution in [0.25, 0.3) is 0 Å². The molecular weight excluding hydrogens is 256 g/mol. The molecule has 1 aliphatic heterocycles. The van der Waals surface area contributed by atoms with Crippen LogP contribution >= 0.6 is 0 Å². The largest absolute Gasteiger partial charge is 0.546 e. The minimum Gasteiger partial charge on any atom is -0.546 e. The van der Waals surface area contributed by atoms with E-state index in [0.29, 0.717) is 16.7 Å². The van der Waals surface area contributed by atoms with Gasteiger partial charge in [0.05, 0.1) is 5.97 Å². The number of carboxylic acid groups (broad SMARTS) is 1. The second-order valence-corrected chi connectivity index (χ2v) is 4.99. The number of rotatable bonds is 2. The quantitative estimate of drug-likeness (QED) is 0.751. The first kappa shape index (κ1) is 11.4. The van der Waals surface area contributed by atoms with Gasteiger partial charge in [-0.15, -0.1) is 0 Å². The molecule has 0 amide bonds. The van der Waals surface area contributed by atoms with Crippen LogP contribution < -0.4 is 5.11 Å². The molecule has 1 saturated heterocycles. The number of carboxylic acids is 1. The summed E-state index contributed by atoms with van der Waals surface area (Å²) in [4.78, 5) is 24.3. The molecule has 0 aromatic heterocycles. The third kappa shape index (κ3) is 0.992. The summed E-state index contributed by atoms with van der Waals surface area (Å²) in [5, 5.41) is 11.7. The second kappa shape index (κ2) is 3.35. The van der Waals surface area contributed by atoms with Gasteiger partial charge in [0, 0.05) is 11.1 Å². The van der Waals surface area contributed by atoms with Crippen LogP contribution in [0.3, 0.4) is 0 Å². The van der Waals surface area contributed by atoms with E-state index in [2.05, 4.69) is 0 Å². The Hall–Kier alpha value is -2.46. The number of benzene rings is 2. The molecule has 0 N–H and O–H groups in total. The topological polar surface area (TPSA) is 69.7 Å². The minimum absolute atomic E-state index is 0.316. The number of hydrogen-bond donors (Lipinski definition) is 0. The lowest BCUT2D eigenvalue weighted by Crippen LogP contribution is -2.40. The van der Waals surface area contributed by atoms with E-state index in [-0.39, 0.29) is 5.78 Å². The number of ether oxygens (including phenoxy) is 1. The van der Waals surface area contributed by atoms with Gasteiger partial charge in [0.2, 0.25) is 5.78 Å². The van der Waals surface area contributed by atoms with Crippen LogP contribution in [-0.2, 0) is 20.7 Å². The molecule has 0 radical (unpaired) electrons. The molecule has 2 aliphatic rings. The average Bonchev–Trinajstić information content (AvgIpc) is 3.15. The van der Waals surface area contributed by atoms with Crippen molar-refractivity contribution in [2.45, 2.75) is 11.2 Å². The maximum absolute atomic E-state index is 12.7. The summed E-state index contributed by atoms with van der Waals surface area (Å²) in [6.07, 6.45) is 0. The molecule has 4 rings (SSSR count). The standard InChI is InChI=1S/C16H10O4/c17-13-11-8-4-5-9-12(11)16(14(18)19)15(13,20-16)10-6-2-1-3-7-10/h1-9H,(H,18,19)/p-1/t15-,16-/m0/s1. The van der Waals surface area contributed by atoms with Gasteiger partial charge in [0.25, 0.3) is 0 Å². The molecule has 4 heteroatoms. The molecule has 98 valence electrons. The predicted molar refractivity (Wildman–Crippen MR) is 66.7 cm³/mol. The Morgan fingerprint density at radius 2 is 1.65 bits per heavy atom. The highest BCUT2D eigenvalue weighted by molar-refractivity contribution is 6.17. The molecule has 1 fully saturated rings. The highest BCUT2D eigenvalue weighted by Crippen LogP contribution is 2.68. The van der Waals surface area contributed by atoms with Gasteiger partial charge in [0.1, 0.15) is 0 Å². The number of fused-ring (bicyclic) bond motifs is 3. The number of Topliss-reactive ketones (excluding diaryl/α,β-unsaturated/α-hetero) is 1. The second-order valence-electron chi connectivity index (χ2n) is 4.99. The lowest BCUT2D eigenvalue weighted by Gasteiger charge is -2.13. The van der Waals surface area contributed by atoms with Crippen molar-refractivity contribution >= 4 is 11.8 Å². The smallest absolute Gasteiger partial charge is 0.203 e. The van der Waals surface area contributed by atoms with Gasteiger partial charge in [0.15, 0.2) is 11.2 Å². The number of ketones is 1. The van der Waals surface area contributed by atoms with Gasteiger partial charge in [-0.25, -0.2) is 0 Å². The van der Waals surface area contributed by atoms with Gasteiger partial charge in [-0.1, -0.05) is 54.6 Å². The molecule has 0 bridgehead atoms. The van der Waals surface area contributed by atoms with E-state index in [1.807, 2.05) is 0 Å². The van der Waals surface area contributed by atoms with Crippen molar-refractivity contribution in [2.24, 2.45) is 0 Å². The van der Waals surface area contributed by atoms with Crippen LogP contribution in [0.15, 0.2) is 54.6 Å². The van der Waals surface area contributed by atoms with Crippen molar-refractivity contribution in [3.8, 4) is 0 Å².